The molecule has 0 bridgehead atoms. The molecule has 0 fully saturated rings. The van der Waals surface area contributed by atoms with Crippen LogP contribution in [-0.4, -0.2) is 44.0 Å². The highest BCUT2D eigenvalue weighted by atomic mass is 16.2. The van der Waals surface area contributed by atoms with Crippen molar-refractivity contribution in [2.45, 2.75) is 18.9 Å². The largest absolute Gasteiger partial charge is 0.340 e. The minimum absolute atomic E-state index is 0.0579. The molecular weight excluding hydrogens is 386 g/mol. The summed E-state index contributed by atoms with van der Waals surface area (Å²) in [6.45, 7) is 0. The quantitative estimate of drug-likeness (QED) is 0.587. The predicted molar refractivity (Wildman–Crippen MR) is 108 cm³/mol. The normalized spacial score (nSPS) is 15.6. The summed E-state index contributed by atoms with van der Waals surface area (Å²) >= 11 is 0. The molecule has 1 aliphatic rings. The van der Waals surface area contributed by atoms with E-state index in [2.05, 4.69) is 31.4 Å². The molecule has 4 rings (SSSR count). The smallest absolute Gasteiger partial charge is 0.254 e. The molecule has 3 aromatic rings. The van der Waals surface area contributed by atoms with E-state index >= 15 is 0 Å². The van der Waals surface area contributed by atoms with Gasteiger partial charge in [-0.25, -0.2) is 0 Å². The molecule has 152 valence electrons. The molecule has 3 amide bonds. The molecule has 0 spiro atoms. The summed E-state index contributed by atoms with van der Waals surface area (Å²) in [5.41, 5.74) is 2.15. The second kappa shape index (κ2) is 8.11. The fourth-order valence-corrected chi connectivity index (χ4v) is 3.15. The van der Waals surface area contributed by atoms with E-state index < -0.39 is 6.04 Å². The summed E-state index contributed by atoms with van der Waals surface area (Å²) in [4.78, 5) is 38.5. The van der Waals surface area contributed by atoms with Crippen molar-refractivity contribution in [3.63, 3.8) is 0 Å². The third-order valence-corrected chi connectivity index (χ3v) is 4.62. The molecule has 10 heteroatoms. The van der Waals surface area contributed by atoms with E-state index in [0.29, 0.717) is 28.3 Å². The zero-order chi connectivity index (χ0) is 21.1. The van der Waals surface area contributed by atoms with Gasteiger partial charge >= 0.3 is 0 Å². The van der Waals surface area contributed by atoms with Crippen LogP contribution in [0.3, 0.4) is 0 Å². The number of amides is 3. The highest BCUT2D eigenvalue weighted by Gasteiger charge is 2.27. The Bertz CT molecular complexity index is 1120. The highest BCUT2D eigenvalue weighted by molar-refractivity contribution is 6.10. The Hall–Kier alpha value is -4.08. The van der Waals surface area contributed by atoms with Crippen molar-refractivity contribution in [2.24, 2.45) is 7.05 Å². The lowest BCUT2D eigenvalue weighted by Gasteiger charge is -2.14. The number of tetrazole rings is 1. The Morgan fingerprint density at radius 3 is 2.80 bits per heavy atom. The number of carbonyl (C=O) groups is 3. The Morgan fingerprint density at radius 2 is 2.00 bits per heavy atom. The molecule has 1 aromatic heterocycles. The van der Waals surface area contributed by atoms with Crippen LogP contribution in [0.1, 0.15) is 23.2 Å². The lowest BCUT2D eigenvalue weighted by Crippen LogP contribution is -2.41. The molecule has 10 nitrogen and oxygen atoms in total. The molecule has 1 atom stereocenters. The van der Waals surface area contributed by atoms with Crippen LogP contribution in [0.4, 0.5) is 11.4 Å². The lowest BCUT2D eigenvalue weighted by atomic mass is 10.1. The molecule has 1 aliphatic heterocycles. The van der Waals surface area contributed by atoms with Crippen molar-refractivity contribution in [1.82, 2.24) is 25.5 Å². The maximum atomic E-state index is 12.4. The Balaban J connectivity index is 1.37. The van der Waals surface area contributed by atoms with Gasteiger partial charge in [0.2, 0.25) is 17.6 Å². The minimum atomic E-state index is -0.800. The summed E-state index contributed by atoms with van der Waals surface area (Å²) in [7, 11) is 1.67. The Kier molecular flexibility index (Phi) is 5.21. The number of carbonyl (C=O) groups excluding carboxylic acids is 3. The molecule has 0 aliphatic carbocycles. The molecule has 0 saturated heterocycles. The number of hydrogen-bond donors (Lipinski definition) is 3. The lowest BCUT2D eigenvalue weighted by molar-refractivity contribution is -0.118. The van der Waals surface area contributed by atoms with Gasteiger partial charge in [0.25, 0.3) is 5.91 Å². The number of aryl methyl sites for hydroxylation is 1. The number of hydrogen-bond acceptors (Lipinski definition) is 6. The monoisotopic (exact) mass is 405 g/mol. The van der Waals surface area contributed by atoms with E-state index in [1.54, 1.807) is 49.5 Å². The van der Waals surface area contributed by atoms with Crippen LogP contribution >= 0.6 is 0 Å². The molecule has 0 unspecified atom stereocenters. The molecule has 3 N–H and O–H groups in total. The van der Waals surface area contributed by atoms with E-state index in [9.17, 15) is 14.4 Å². The van der Waals surface area contributed by atoms with Crippen LogP contribution in [-0.2, 0) is 16.6 Å². The molecular formula is C20H19N7O3. The SMILES string of the molecule is Cn1nnc(-c2cccc(NC(=O)CC[C@@H]3NC(=O)c4ccccc4NC3=O)c2)n1. The Labute approximate surface area is 171 Å². The van der Waals surface area contributed by atoms with Crippen molar-refractivity contribution in [2.75, 3.05) is 10.6 Å². The van der Waals surface area contributed by atoms with Gasteiger partial charge in [-0.05, 0) is 35.9 Å². The average Bonchev–Trinajstić information content (AvgIpc) is 3.13. The number of anilines is 2. The molecule has 2 aromatic carbocycles. The molecule has 0 radical (unpaired) electrons. The van der Waals surface area contributed by atoms with Gasteiger partial charge in [0.15, 0.2) is 0 Å². The van der Waals surface area contributed by atoms with Gasteiger partial charge in [-0.2, -0.15) is 4.80 Å². The zero-order valence-corrected chi connectivity index (χ0v) is 16.1. The van der Waals surface area contributed by atoms with E-state index in [4.69, 9.17) is 0 Å². The summed E-state index contributed by atoms with van der Waals surface area (Å²) in [5, 5.41) is 20.1. The third-order valence-electron chi connectivity index (χ3n) is 4.62. The predicted octanol–water partition coefficient (Wildman–Crippen LogP) is 1.35. The van der Waals surface area contributed by atoms with Gasteiger partial charge in [-0.3, -0.25) is 14.4 Å². The highest BCUT2D eigenvalue weighted by Crippen LogP contribution is 2.21. The van der Waals surface area contributed by atoms with Gasteiger partial charge < -0.3 is 16.0 Å². The van der Waals surface area contributed by atoms with Crippen molar-refractivity contribution in [3.05, 3.63) is 54.1 Å². The molecule has 2 heterocycles. The Morgan fingerprint density at radius 1 is 1.17 bits per heavy atom. The van der Waals surface area contributed by atoms with Crippen LogP contribution in [0.2, 0.25) is 0 Å². The van der Waals surface area contributed by atoms with Crippen LogP contribution in [0.25, 0.3) is 11.4 Å². The number of nitrogens with zero attached hydrogens (tertiary/aromatic N) is 4. The van der Waals surface area contributed by atoms with Crippen LogP contribution < -0.4 is 16.0 Å². The standard InChI is InChI=1S/C20H19N7O3/c1-27-25-18(24-26-27)12-5-4-6-13(11-12)21-17(28)10-9-16-20(30)22-15-8-3-2-7-14(15)19(29)23-16/h2-8,11,16H,9-10H2,1H3,(H,21,28)(H,22,30)(H,23,29)/t16-/m0/s1. The van der Waals surface area contributed by atoms with E-state index in [0.717, 1.165) is 0 Å². The van der Waals surface area contributed by atoms with Gasteiger partial charge in [0.1, 0.15) is 6.04 Å². The molecule has 30 heavy (non-hydrogen) atoms. The first-order valence-corrected chi connectivity index (χ1v) is 9.34. The fraction of sp³-hybridized carbons (Fsp3) is 0.200. The maximum absolute atomic E-state index is 12.4. The second-order valence-electron chi connectivity index (χ2n) is 6.83. The number of nitrogens with one attached hydrogen (secondary N) is 3. The number of rotatable bonds is 5. The van der Waals surface area contributed by atoms with Crippen molar-refractivity contribution in [3.8, 4) is 11.4 Å². The van der Waals surface area contributed by atoms with Crippen LogP contribution in [0.5, 0.6) is 0 Å². The maximum Gasteiger partial charge on any atom is 0.254 e. The zero-order valence-electron chi connectivity index (χ0n) is 16.1. The van der Waals surface area contributed by atoms with Gasteiger partial charge in [-0.1, -0.05) is 24.3 Å². The fourth-order valence-electron chi connectivity index (χ4n) is 3.15. The third kappa shape index (κ3) is 4.17. The van der Waals surface area contributed by atoms with E-state index in [1.807, 2.05) is 6.07 Å². The topological polar surface area (TPSA) is 131 Å². The van der Waals surface area contributed by atoms with Crippen LogP contribution in [0, 0.1) is 0 Å². The van der Waals surface area contributed by atoms with Crippen molar-refractivity contribution >= 4 is 29.1 Å². The summed E-state index contributed by atoms with van der Waals surface area (Å²) in [5.74, 6) is -0.524. The summed E-state index contributed by atoms with van der Waals surface area (Å²) in [6.07, 6.45) is 0.227. The molecule has 0 saturated carbocycles. The van der Waals surface area contributed by atoms with Gasteiger partial charge in [-0.15, -0.1) is 10.2 Å². The van der Waals surface area contributed by atoms with Gasteiger partial charge in [0, 0.05) is 17.7 Å². The van der Waals surface area contributed by atoms with Gasteiger partial charge in [0.05, 0.1) is 18.3 Å². The summed E-state index contributed by atoms with van der Waals surface area (Å²) in [6, 6.07) is 13.0. The van der Waals surface area contributed by atoms with Crippen molar-refractivity contribution in [1.29, 1.82) is 0 Å². The van der Waals surface area contributed by atoms with Crippen molar-refractivity contribution < 1.29 is 14.4 Å². The minimum Gasteiger partial charge on any atom is -0.340 e. The first-order valence-electron chi connectivity index (χ1n) is 9.34. The number of para-hydroxylation sites is 1. The first kappa shape index (κ1) is 19.2. The summed E-state index contributed by atoms with van der Waals surface area (Å²) < 4.78 is 0. The number of fused-ring (bicyclic) bond motifs is 1. The second-order valence-corrected chi connectivity index (χ2v) is 6.83. The van der Waals surface area contributed by atoms with Crippen LogP contribution in [0.15, 0.2) is 48.5 Å². The number of aromatic nitrogens is 4. The average molecular weight is 405 g/mol. The first-order chi connectivity index (χ1) is 14.5. The number of benzene rings is 2. The van der Waals surface area contributed by atoms with E-state index in [1.165, 1.54) is 4.80 Å². The van der Waals surface area contributed by atoms with E-state index in [-0.39, 0.29) is 30.6 Å².